The molecular formula is C16H15ClN2O2. The van der Waals surface area contributed by atoms with E-state index < -0.39 is 0 Å². The van der Waals surface area contributed by atoms with Crippen molar-refractivity contribution in [2.45, 2.75) is 0 Å². The van der Waals surface area contributed by atoms with Gasteiger partial charge in [0.2, 0.25) is 0 Å². The molecule has 0 aliphatic carbocycles. The van der Waals surface area contributed by atoms with E-state index in [9.17, 15) is 9.59 Å². The molecule has 0 fully saturated rings. The van der Waals surface area contributed by atoms with Gasteiger partial charge in [-0.25, -0.2) is 0 Å². The fourth-order valence-corrected chi connectivity index (χ4v) is 1.94. The van der Waals surface area contributed by atoms with Gasteiger partial charge in [-0.05, 0) is 36.4 Å². The number of carbonyl (C=O) groups is 2. The number of anilines is 1. The summed E-state index contributed by atoms with van der Waals surface area (Å²) in [6.45, 7) is 0. The monoisotopic (exact) mass is 302 g/mol. The van der Waals surface area contributed by atoms with Crippen LogP contribution >= 0.6 is 11.6 Å². The van der Waals surface area contributed by atoms with E-state index in [-0.39, 0.29) is 11.8 Å². The molecule has 0 spiro atoms. The Bertz CT molecular complexity index is 666. The van der Waals surface area contributed by atoms with Crippen LogP contribution in [-0.4, -0.2) is 30.8 Å². The average molecular weight is 303 g/mol. The standard InChI is InChI=1S/C16H15ClN2O2/c1-19(2)16(21)13-5-3-4-6-14(13)18-15(20)11-7-9-12(17)10-8-11/h3-10H,1-2H3,(H,18,20). The van der Waals surface area contributed by atoms with Crippen molar-refractivity contribution in [1.29, 1.82) is 0 Å². The van der Waals surface area contributed by atoms with Crippen LogP contribution in [0.1, 0.15) is 20.7 Å². The van der Waals surface area contributed by atoms with Crippen LogP contribution in [0.3, 0.4) is 0 Å². The molecule has 0 saturated heterocycles. The summed E-state index contributed by atoms with van der Waals surface area (Å²) >= 11 is 5.80. The lowest BCUT2D eigenvalue weighted by Crippen LogP contribution is -2.24. The Morgan fingerprint density at radius 2 is 1.62 bits per heavy atom. The largest absolute Gasteiger partial charge is 0.345 e. The van der Waals surface area contributed by atoms with Gasteiger partial charge in [-0.2, -0.15) is 0 Å². The van der Waals surface area contributed by atoms with Crippen LogP contribution in [0.15, 0.2) is 48.5 Å². The van der Waals surface area contributed by atoms with Gasteiger partial charge in [0.15, 0.2) is 0 Å². The maximum absolute atomic E-state index is 12.2. The highest BCUT2D eigenvalue weighted by atomic mass is 35.5. The van der Waals surface area contributed by atoms with Gasteiger partial charge >= 0.3 is 0 Å². The normalized spacial score (nSPS) is 10.0. The molecule has 0 aliphatic heterocycles. The number of hydrogen-bond donors (Lipinski definition) is 1. The number of amides is 2. The molecule has 21 heavy (non-hydrogen) atoms. The van der Waals surface area contributed by atoms with E-state index in [0.717, 1.165) is 0 Å². The molecule has 1 N–H and O–H groups in total. The Balaban J connectivity index is 2.25. The molecule has 0 unspecified atom stereocenters. The zero-order valence-corrected chi connectivity index (χ0v) is 12.5. The number of nitrogens with zero attached hydrogens (tertiary/aromatic N) is 1. The Hall–Kier alpha value is -2.33. The topological polar surface area (TPSA) is 49.4 Å². The van der Waals surface area contributed by atoms with Gasteiger partial charge in [-0.3, -0.25) is 9.59 Å². The lowest BCUT2D eigenvalue weighted by Gasteiger charge is -2.14. The minimum absolute atomic E-state index is 0.165. The van der Waals surface area contributed by atoms with Crippen molar-refractivity contribution >= 4 is 29.1 Å². The van der Waals surface area contributed by atoms with E-state index >= 15 is 0 Å². The number of halogens is 1. The van der Waals surface area contributed by atoms with Crippen molar-refractivity contribution in [2.24, 2.45) is 0 Å². The molecule has 4 nitrogen and oxygen atoms in total. The lowest BCUT2D eigenvalue weighted by atomic mass is 10.1. The number of para-hydroxylation sites is 1. The number of rotatable bonds is 3. The SMILES string of the molecule is CN(C)C(=O)c1ccccc1NC(=O)c1ccc(Cl)cc1. The van der Waals surface area contributed by atoms with Crippen LogP contribution in [0.5, 0.6) is 0 Å². The van der Waals surface area contributed by atoms with Gasteiger partial charge in [0, 0.05) is 24.7 Å². The van der Waals surface area contributed by atoms with Gasteiger partial charge in [-0.15, -0.1) is 0 Å². The highest BCUT2D eigenvalue weighted by Crippen LogP contribution is 2.18. The Labute approximate surface area is 128 Å². The molecule has 5 heteroatoms. The second-order valence-corrected chi connectivity index (χ2v) is 5.14. The summed E-state index contributed by atoms with van der Waals surface area (Å²) in [5.74, 6) is -0.451. The van der Waals surface area contributed by atoms with E-state index in [1.165, 1.54) is 4.90 Å². The van der Waals surface area contributed by atoms with Crippen LogP contribution in [0.2, 0.25) is 5.02 Å². The Morgan fingerprint density at radius 1 is 1.00 bits per heavy atom. The summed E-state index contributed by atoms with van der Waals surface area (Å²) < 4.78 is 0. The molecule has 0 heterocycles. The van der Waals surface area contributed by atoms with E-state index in [1.807, 2.05) is 0 Å². The second-order valence-electron chi connectivity index (χ2n) is 4.71. The predicted molar refractivity (Wildman–Crippen MR) is 83.9 cm³/mol. The van der Waals surface area contributed by atoms with Crippen molar-refractivity contribution in [1.82, 2.24) is 4.90 Å². The quantitative estimate of drug-likeness (QED) is 0.946. The predicted octanol–water partition coefficient (Wildman–Crippen LogP) is 3.29. The third kappa shape index (κ3) is 3.61. The fourth-order valence-electron chi connectivity index (χ4n) is 1.82. The van der Waals surface area contributed by atoms with Crippen LogP contribution in [0, 0.1) is 0 Å². The van der Waals surface area contributed by atoms with E-state index in [2.05, 4.69) is 5.32 Å². The summed E-state index contributed by atoms with van der Waals surface area (Å²) in [6, 6.07) is 13.5. The Morgan fingerprint density at radius 3 is 2.24 bits per heavy atom. The highest BCUT2D eigenvalue weighted by Gasteiger charge is 2.15. The van der Waals surface area contributed by atoms with Crippen LogP contribution < -0.4 is 5.32 Å². The molecule has 0 atom stereocenters. The van der Waals surface area contributed by atoms with Crippen molar-refractivity contribution in [2.75, 3.05) is 19.4 Å². The van der Waals surface area contributed by atoms with E-state index in [0.29, 0.717) is 21.8 Å². The fraction of sp³-hybridized carbons (Fsp3) is 0.125. The lowest BCUT2D eigenvalue weighted by molar-refractivity contribution is 0.0828. The number of nitrogens with one attached hydrogen (secondary N) is 1. The first-order valence-corrected chi connectivity index (χ1v) is 6.74. The summed E-state index contributed by atoms with van der Waals surface area (Å²) in [6.07, 6.45) is 0. The number of benzene rings is 2. The molecule has 2 aromatic rings. The molecule has 0 bridgehead atoms. The molecule has 2 aromatic carbocycles. The summed E-state index contributed by atoms with van der Waals surface area (Å²) in [7, 11) is 3.33. The third-order valence-corrected chi connectivity index (χ3v) is 3.17. The number of hydrogen-bond acceptors (Lipinski definition) is 2. The maximum Gasteiger partial charge on any atom is 0.255 e. The summed E-state index contributed by atoms with van der Waals surface area (Å²) in [5, 5.41) is 3.32. The molecule has 0 aliphatic rings. The molecule has 0 saturated carbocycles. The highest BCUT2D eigenvalue weighted by molar-refractivity contribution is 6.30. The number of carbonyl (C=O) groups excluding carboxylic acids is 2. The minimum Gasteiger partial charge on any atom is -0.345 e. The van der Waals surface area contributed by atoms with Crippen LogP contribution in [0.25, 0.3) is 0 Å². The van der Waals surface area contributed by atoms with Crippen molar-refractivity contribution in [3.05, 3.63) is 64.7 Å². The zero-order valence-electron chi connectivity index (χ0n) is 11.8. The zero-order chi connectivity index (χ0) is 15.4. The van der Waals surface area contributed by atoms with Gasteiger partial charge in [-0.1, -0.05) is 23.7 Å². The van der Waals surface area contributed by atoms with Crippen LogP contribution in [-0.2, 0) is 0 Å². The Kier molecular flexibility index (Phi) is 4.60. The molecular weight excluding hydrogens is 288 g/mol. The second kappa shape index (κ2) is 6.41. The first-order valence-electron chi connectivity index (χ1n) is 6.36. The molecule has 2 amide bonds. The van der Waals surface area contributed by atoms with Crippen LogP contribution in [0.4, 0.5) is 5.69 Å². The average Bonchev–Trinajstić information content (AvgIpc) is 2.47. The van der Waals surface area contributed by atoms with E-state index in [1.54, 1.807) is 62.6 Å². The van der Waals surface area contributed by atoms with Crippen molar-refractivity contribution < 1.29 is 9.59 Å². The van der Waals surface area contributed by atoms with Crippen molar-refractivity contribution in [3.63, 3.8) is 0 Å². The molecule has 0 radical (unpaired) electrons. The van der Waals surface area contributed by atoms with E-state index in [4.69, 9.17) is 11.6 Å². The third-order valence-electron chi connectivity index (χ3n) is 2.92. The van der Waals surface area contributed by atoms with Gasteiger partial charge < -0.3 is 10.2 Å². The molecule has 0 aromatic heterocycles. The summed E-state index contributed by atoms with van der Waals surface area (Å²) in [5.41, 5.74) is 1.41. The molecule has 2 rings (SSSR count). The molecule has 108 valence electrons. The first-order chi connectivity index (χ1) is 9.99. The van der Waals surface area contributed by atoms with Gasteiger partial charge in [0.25, 0.3) is 11.8 Å². The smallest absolute Gasteiger partial charge is 0.255 e. The minimum atomic E-state index is -0.286. The first kappa shape index (κ1) is 15.1. The summed E-state index contributed by atoms with van der Waals surface area (Å²) in [4.78, 5) is 25.7. The van der Waals surface area contributed by atoms with Crippen molar-refractivity contribution in [3.8, 4) is 0 Å². The van der Waals surface area contributed by atoms with Gasteiger partial charge in [0.1, 0.15) is 0 Å². The maximum atomic E-state index is 12.2. The van der Waals surface area contributed by atoms with Gasteiger partial charge in [0.05, 0.1) is 11.3 Å².